The Morgan fingerprint density at radius 3 is 2.68 bits per heavy atom. The molecular formula is C29H25N3O5. The summed E-state index contributed by atoms with van der Waals surface area (Å²) in [5.74, 6) is 0.826. The van der Waals surface area contributed by atoms with Crippen molar-refractivity contribution in [1.82, 2.24) is 0 Å². The molecule has 37 heavy (non-hydrogen) atoms. The molecule has 0 unspecified atom stereocenters. The van der Waals surface area contributed by atoms with Crippen molar-refractivity contribution in [3.8, 4) is 5.75 Å². The summed E-state index contributed by atoms with van der Waals surface area (Å²) in [5, 5.41) is 6.62. The van der Waals surface area contributed by atoms with Gasteiger partial charge in [0.1, 0.15) is 23.6 Å². The number of benzene rings is 3. The number of hydrogen-bond acceptors (Lipinski definition) is 5. The van der Waals surface area contributed by atoms with Gasteiger partial charge in [-0.2, -0.15) is 0 Å². The van der Waals surface area contributed by atoms with Crippen LogP contribution in [-0.2, 0) is 22.4 Å². The average molecular weight is 496 g/mol. The highest BCUT2D eigenvalue weighted by atomic mass is 16.5. The van der Waals surface area contributed by atoms with Gasteiger partial charge in [0.2, 0.25) is 5.91 Å². The third-order valence-electron chi connectivity index (χ3n) is 6.73. The lowest BCUT2D eigenvalue weighted by atomic mass is 9.96. The van der Waals surface area contributed by atoms with Gasteiger partial charge < -0.3 is 19.8 Å². The second-order valence-corrected chi connectivity index (χ2v) is 9.24. The Morgan fingerprint density at radius 2 is 1.81 bits per heavy atom. The third kappa shape index (κ3) is 4.53. The Kier molecular flexibility index (Phi) is 5.84. The van der Waals surface area contributed by atoms with Gasteiger partial charge in [0.15, 0.2) is 6.61 Å². The normalized spacial score (nSPS) is 14.5. The first kappa shape index (κ1) is 22.8. The van der Waals surface area contributed by atoms with E-state index in [4.69, 9.17) is 9.15 Å². The van der Waals surface area contributed by atoms with Gasteiger partial charge in [0, 0.05) is 28.6 Å². The minimum absolute atomic E-state index is 0.0565. The molecule has 0 saturated carbocycles. The molecule has 8 heteroatoms. The Hall–Kier alpha value is -4.59. The summed E-state index contributed by atoms with van der Waals surface area (Å²) in [6, 6.07) is 19.4. The fourth-order valence-corrected chi connectivity index (χ4v) is 4.94. The lowest BCUT2D eigenvalue weighted by molar-refractivity contribution is -0.118. The number of hydrogen-bond donors (Lipinski definition) is 2. The topological polar surface area (TPSA) is 101 Å². The van der Waals surface area contributed by atoms with Crippen molar-refractivity contribution in [1.29, 1.82) is 0 Å². The summed E-state index contributed by atoms with van der Waals surface area (Å²) in [6.07, 6.45) is 4.27. The van der Waals surface area contributed by atoms with Crippen molar-refractivity contribution < 1.29 is 23.5 Å². The number of rotatable bonds is 5. The maximum absolute atomic E-state index is 13.1. The number of amides is 3. The van der Waals surface area contributed by atoms with Crippen molar-refractivity contribution in [2.75, 3.05) is 28.7 Å². The van der Waals surface area contributed by atoms with Crippen molar-refractivity contribution in [2.24, 2.45) is 0 Å². The molecule has 1 aliphatic carbocycles. The summed E-state index contributed by atoms with van der Waals surface area (Å²) < 4.78 is 11.7. The first-order valence-corrected chi connectivity index (χ1v) is 12.3. The second-order valence-electron chi connectivity index (χ2n) is 9.24. The van der Waals surface area contributed by atoms with E-state index in [1.54, 1.807) is 42.5 Å². The fourth-order valence-electron chi connectivity index (χ4n) is 4.94. The highest BCUT2D eigenvalue weighted by Gasteiger charge is 2.27. The van der Waals surface area contributed by atoms with Gasteiger partial charge in [0.05, 0.1) is 11.4 Å². The third-order valence-corrected chi connectivity index (χ3v) is 6.73. The molecule has 0 bridgehead atoms. The molecule has 3 aromatic carbocycles. The van der Waals surface area contributed by atoms with E-state index in [0.29, 0.717) is 28.4 Å². The number of aryl methyl sites for hydroxylation is 2. The fraction of sp³-hybridized carbons (Fsp3) is 0.207. The smallest absolute Gasteiger partial charge is 0.262 e. The van der Waals surface area contributed by atoms with Crippen LogP contribution in [-0.4, -0.2) is 30.9 Å². The van der Waals surface area contributed by atoms with Gasteiger partial charge in [-0.3, -0.25) is 19.3 Å². The molecule has 1 aliphatic heterocycles. The van der Waals surface area contributed by atoms with Crippen molar-refractivity contribution in [3.05, 3.63) is 83.6 Å². The summed E-state index contributed by atoms with van der Waals surface area (Å²) in [7, 11) is 0. The highest BCUT2D eigenvalue weighted by molar-refractivity contribution is 6.15. The number of nitrogens with zero attached hydrogens (tertiary/aromatic N) is 1. The van der Waals surface area contributed by atoms with E-state index < -0.39 is 0 Å². The van der Waals surface area contributed by atoms with Gasteiger partial charge in [0.25, 0.3) is 11.8 Å². The monoisotopic (exact) mass is 495 g/mol. The summed E-state index contributed by atoms with van der Waals surface area (Å²) in [5.41, 5.74) is 4.31. The van der Waals surface area contributed by atoms with Crippen LogP contribution < -0.4 is 20.3 Å². The van der Waals surface area contributed by atoms with Crippen molar-refractivity contribution >= 4 is 45.8 Å². The zero-order valence-electron chi connectivity index (χ0n) is 20.1. The van der Waals surface area contributed by atoms with Gasteiger partial charge in [-0.15, -0.1) is 0 Å². The van der Waals surface area contributed by atoms with E-state index >= 15 is 0 Å². The second kappa shape index (κ2) is 9.46. The summed E-state index contributed by atoms with van der Waals surface area (Å²) >= 11 is 0. The van der Waals surface area contributed by atoms with Crippen LogP contribution in [0.4, 0.5) is 17.1 Å². The average Bonchev–Trinajstić information content (AvgIpc) is 3.29. The van der Waals surface area contributed by atoms with Crippen LogP contribution in [0.3, 0.4) is 0 Å². The minimum atomic E-state index is -0.310. The molecule has 2 heterocycles. The first-order valence-electron chi connectivity index (χ1n) is 12.3. The van der Waals surface area contributed by atoms with Crippen LogP contribution >= 0.6 is 0 Å². The SMILES string of the molecule is O=C(COc1ccc2oc3c(c2c1)CCCC3)Nc1ccc(C(=O)N2CC(=O)Nc3ccccc32)cc1. The lowest BCUT2D eigenvalue weighted by Crippen LogP contribution is -2.42. The molecular weight excluding hydrogens is 470 g/mol. The molecule has 4 aromatic rings. The standard InChI is InChI=1S/C29H25N3O5/c33-27-16-32(24-7-3-2-6-23(24)31-27)29(35)18-9-11-19(12-10-18)30-28(34)17-36-20-13-14-26-22(15-20)21-5-1-4-8-25(21)37-26/h2-3,6-7,9-15H,1,4-5,8,16-17H2,(H,30,34)(H,31,33). The molecule has 0 atom stereocenters. The molecule has 0 fully saturated rings. The number of carbonyl (C=O) groups excluding carboxylic acids is 3. The molecule has 2 N–H and O–H groups in total. The number of anilines is 3. The van der Waals surface area contributed by atoms with E-state index in [9.17, 15) is 14.4 Å². The Labute approximate surface area is 213 Å². The Bertz CT molecular complexity index is 1520. The Balaban J connectivity index is 1.09. The van der Waals surface area contributed by atoms with Crippen LogP contribution in [0.25, 0.3) is 11.0 Å². The molecule has 186 valence electrons. The zero-order valence-corrected chi connectivity index (χ0v) is 20.1. The van der Waals surface area contributed by atoms with E-state index in [-0.39, 0.29) is 30.9 Å². The number of furan rings is 1. The lowest BCUT2D eigenvalue weighted by Gasteiger charge is -2.29. The first-order chi connectivity index (χ1) is 18.0. The largest absolute Gasteiger partial charge is 0.484 e. The summed E-state index contributed by atoms with van der Waals surface area (Å²) in [6.45, 7) is -0.203. The van der Waals surface area contributed by atoms with Gasteiger partial charge in [-0.25, -0.2) is 0 Å². The van der Waals surface area contributed by atoms with Crippen molar-refractivity contribution in [3.63, 3.8) is 0 Å². The van der Waals surface area contributed by atoms with E-state index in [1.807, 2.05) is 24.3 Å². The van der Waals surface area contributed by atoms with E-state index in [1.165, 1.54) is 10.5 Å². The number of para-hydroxylation sites is 2. The molecule has 1 aromatic heterocycles. The minimum Gasteiger partial charge on any atom is -0.484 e. The number of nitrogens with one attached hydrogen (secondary N) is 2. The summed E-state index contributed by atoms with van der Waals surface area (Å²) in [4.78, 5) is 39.1. The number of ether oxygens (including phenoxy) is 1. The van der Waals surface area contributed by atoms with Crippen LogP contribution in [0.15, 0.2) is 71.1 Å². The van der Waals surface area contributed by atoms with Crippen molar-refractivity contribution in [2.45, 2.75) is 25.7 Å². The van der Waals surface area contributed by atoms with Crippen LogP contribution in [0.1, 0.15) is 34.5 Å². The van der Waals surface area contributed by atoms with Gasteiger partial charge >= 0.3 is 0 Å². The van der Waals surface area contributed by atoms with E-state index in [0.717, 1.165) is 42.4 Å². The van der Waals surface area contributed by atoms with Crippen LogP contribution in [0, 0.1) is 0 Å². The van der Waals surface area contributed by atoms with Crippen LogP contribution in [0.2, 0.25) is 0 Å². The molecule has 8 nitrogen and oxygen atoms in total. The predicted molar refractivity (Wildman–Crippen MR) is 140 cm³/mol. The van der Waals surface area contributed by atoms with Gasteiger partial charge in [-0.1, -0.05) is 12.1 Å². The van der Waals surface area contributed by atoms with E-state index in [2.05, 4.69) is 10.6 Å². The maximum Gasteiger partial charge on any atom is 0.262 e. The highest BCUT2D eigenvalue weighted by Crippen LogP contribution is 2.34. The quantitative estimate of drug-likeness (QED) is 0.409. The number of fused-ring (bicyclic) bond motifs is 4. The molecule has 0 spiro atoms. The Morgan fingerprint density at radius 1 is 1.00 bits per heavy atom. The molecule has 0 saturated heterocycles. The molecule has 3 amide bonds. The molecule has 6 rings (SSSR count). The zero-order chi connectivity index (χ0) is 25.4. The van der Waals surface area contributed by atoms with Crippen LogP contribution in [0.5, 0.6) is 5.75 Å². The maximum atomic E-state index is 13.1. The molecule has 0 radical (unpaired) electrons. The number of carbonyl (C=O) groups is 3. The molecule has 2 aliphatic rings. The van der Waals surface area contributed by atoms with Gasteiger partial charge in [-0.05, 0) is 73.9 Å². The predicted octanol–water partition coefficient (Wildman–Crippen LogP) is 4.93.